The summed E-state index contributed by atoms with van der Waals surface area (Å²) < 4.78 is 5.40. The number of para-hydroxylation sites is 2. The van der Waals surface area contributed by atoms with Gasteiger partial charge in [-0.15, -0.1) is 0 Å². The first-order valence-corrected chi connectivity index (χ1v) is 7.69. The Morgan fingerprint density at radius 3 is 2.62 bits per heavy atom. The number of aromatic nitrogens is 1. The lowest BCUT2D eigenvalue weighted by atomic mass is 10.1. The van der Waals surface area contributed by atoms with Crippen molar-refractivity contribution in [3.63, 3.8) is 0 Å². The number of rotatable bonds is 5. The third-order valence-electron chi connectivity index (χ3n) is 3.95. The number of nitrogens with one attached hydrogen (secondary N) is 1. The van der Waals surface area contributed by atoms with Crippen LogP contribution >= 0.6 is 0 Å². The highest BCUT2D eigenvalue weighted by molar-refractivity contribution is 6.01. The number of primary amides is 1. The van der Waals surface area contributed by atoms with Crippen molar-refractivity contribution in [3.05, 3.63) is 65.7 Å². The number of ether oxygens (including phenoxy) is 1. The van der Waals surface area contributed by atoms with Gasteiger partial charge < -0.3 is 15.8 Å². The number of amides is 1. The van der Waals surface area contributed by atoms with Crippen molar-refractivity contribution in [2.45, 2.75) is 13.0 Å². The van der Waals surface area contributed by atoms with Crippen LogP contribution in [0.4, 0.5) is 5.82 Å². The second-order valence-corrected chi connectivity index (χ2v) is 5.55. The molecule has 0 aliphatic rings. The lowest BCUT2D eigenvalue weighted by molar-refractivity contribution is 0.100. The van der Waals surface area contributed by atoms with Gasteiger partial charge in [0.2, 0.25) is 0 Å². The number of carbonyl (C=O) groups excluding carboxylic acids is 1. The molecule has 122 valence electrons. The van der Waals surface area contributed by atoms with Gasteiger partial charge in [-0.3, -0.25) is 4.79 Å². The fourth-order valence-electron chi connectivity index (χ4n) is 2.72. The second-order valence-electron chi connectivity index (χ2n) is 5.55. The average molecular weight is 321 g/mol. The molecule has 0 spiro atoms. The first-order valence-electron chi connectivity index (χ1n) is 7.69. The molecule has 5 heteroatoms. The molecule has 1 aromatic heterocycles. The molecule has 1 atom stereocenters. The second kappa shape index (κ2) is 6.58. The van der Waals surface area contributed by atoms with Gasteiger partial charge in [-0.2, -0.15) is 0 Å². The van der Waals surface area contributed by atoms with Gasteiger partial charge in [0.15, 0.2) is 0 Å². The van der Waals surface area contributed by atoms with Crippen molar-refractivity contribution in [1.82, 2.24) is 4.98 Å². The van der Waals surface area contributed by atoms with Crippen molar-refractivity contribution in [2.75, 3.05) is 12.4 Å². The lowest BCUT2D eigenvalue weighted by Crippen LogP contribution is -2.17. The number of nitrogens with zero attached hydrogens (tertiary/aromatic N) is 1. The molecule has 0 aliphatic carbocycles. The van der Waals surface area contributed by atoms with Crippen LogP contribution < -0.4 is 15.8 Å². The molecule has 0 bridgehead atoms. The fourth-order valence-corrected chi connectivity index (χ4v) is 2.72. The fraction of sp³-hybridized carbons (Fsp3) is 0.158. The Balaban J connectivity index is 2.02. The van der Waals surface area contributed by atoms with Crippen molar-refractivity contribution in [2.24, 2.45) is 5.73 Å². The quantitative estimate of drug-likeness (QED) is 0.754. The number of anilines is 1. The van der Waals surface area contributed by atoms with Crippen LogP contribution in [0.15, 0.2) is 54.6 Å². The van der Waals surface area contributed by atoms with E-state index in [2.05, 4.69) is 10.3 Å². The Morgan fingerprint density at radius 2 is 1.88 bits per heavy atom. The molecule has 0 radical (unpaired) electrons. The zero-order chi connectivity index (χ0) is 17.1. The van der Waals surface area contributed by atoms with Crippen molar-refractivity contribution in [1.29, 1.82) is 0 Å². The molecular weight excluding hydrogens is 302 g/mol. The molecule has 24 heavy (non-hydrogen) atoms. The van der Waals surface area contributed by atoms with E-state index in [-0.39, 0.29) is 6.04 Å². The largest absolute Gasteiger partial charge is 0.496 e. The van der Waals surface area contributed by atoms with Crippen LogP contribution in [0.2, 0.25) is 0 Å². The van der Waals surface area contributed by atoms with E-state index in [0.717, 1.165) is 22.2 Å². The van der Waals surface area contributed by atoms with E-state index >= 15 is 0 Å². The molecule has 5 nitrogen and oxygen atoms in total. The molecular formula is C19H19N3O2. The number of hydrogen-bond donors (Lipinski definition) is 2. The summed E-state index contributed by atoms with van der Waals surface area (Å²) in [6.45, 7) is 1.99. The summed E-state index contributed by atoms with van der Waals surface area (Å²) in [5, 5.41) is 4.16. The number of methoxy groups -OCH3 is 1. The predicted octanol–water partition coefficient (Wildman–Crippen LogP) is 3.52. The first-order chi connectivity index (χ1) is 11.6. The lowest BCUT2D eigenvalue weighted by Gasteiger charge is -2.19. The number of hydrogen-bond acceptors (Lipinski definition) is 4. The summed E-state index contributed by atoms with van der Waals surface area (Å²) in [6.07, 6.45) is 0. The van der Waals surface area contributed by atoms with Crippen LogP contribution in [0.5, 0.6) is 5.75 Å². The highest BCUT2D eigenvalue weighted by atomic mass is 16.5. The summed E-state index contributed by atoms with van der Waals surface area (Å²) in [5.74, 6) is 0.738. The van der Waals surface area contributed by atoms with Crippen molar-refractivity contribution >= 4 is 22.6 Å². The van der Waals surface area contributed by atoms with E-state index in [4.69, 9.17) is 10.5 Å². The van der Waals surface area contributed by atoms with Gasteiger partial charge in [0.1, 0.15) is 11.6 Å². The monoisotopic (exact) mass is 321 g/mol. The summed E-state index contributed by atoms with van der Waals surface area (Å²) >= 11 is 0. The highest BCUT2D eigenvalue weighted by Gasteiger charge is 2.16. The van der Waals surface area contributed by atoms with Gasteiger partial charge in [0.25, 0.3) is 5.91 Å². The van der Waals surface area contributed by atoms with E-state index in [1.54, 1.807) is 13.2 Å². The Bertz CT molecular complexity index is 893. The summed E-state index contributed by atoms with van der Waals surface area (Å²) in [6, 6.07) is 17.0. The van der Waals surface area contributed by atoms with Crippen LogP contribution in [0.1, 0.15) is 28.9 Å². The normalized spacial score (nSPS) is 11.9. The molecule has 3 N–H and O–H groups in total. The third-order valence-corrected chi connectivity index (χ3v) is 3.95. The minimum absolute atomic E-state index is 0.104. The number of nitrogens with two attached hydrogens (primary N) is 1. The molecule has 1 heterocycles. The average Bonchev–Trinajstić information content (AvgIpc) is 2.60. The van der Waals surface area contributed by atoms with Crippen molar-refractivity contribution in [3.8, 4) is 5.75 Å². The van der Waals surface area contributed by atoms with Gasteiger partial charge in [0, 0.05) is 10.9 Å². The predicted molar refractivity (Wildman–Crippen MR) is 95.3 cm³/mol. The Kier molecular flexibility index (Phi) is 4.33. The number of benzene rings is 2. The van der Waals surface area contributed by atoms with Gasteiger partial charge in [0.05, 0.1) is 24.2 Å². The molecule has 1 amide bonds. The van der Waals surface area contributed by atoms with Gasteiger partial charge in [-0.25, -0.2) is 4.98 Å². The molecule has 2 aromatic carbocycles. The van der Waals surface area contributed by atoms with Gasteiger partial charge in [-0.1, -0.05) is 36.4 Å². The number of fused-ring (bicyclic) bond motifs is 1. The summed E-state index contributed by atoms with van der Waals surface area (Å²) in [5.41, 5.74) is 7.68. The molecule has 3 aromatic rings. The van der Waals surface area contributed by atoms with Crippen LogP contribution in [0, 0.1) is 0 Å². The minimum Gasteiger partial charge on any atom is -0.496 e. The highest BCUT2D eigenvalue weighted by Crippen LogP contribution is 2.29. The summed E-state index contributed by atoms with van der Waals surface area (Å²) in [4.78, 5) is 16.4. The Morgan fingerprint density at radius 1 is 1.17 bits per heavy atom. The van der Waals surface area contributed by atoms with E-state index in [1.165, 1.54) is 0 Å². The maximum atomic E-state index is 11.8. The van der Waals surface area contributed by atoms with E-state index < -0.39 is 5.91 Å². The van der Waals surface area contributed by atoms with Crippen LogP contribution in [0.3, 0.4) is 0 Å². The first kappa shape index (κ1) is 15.8. The Hall–Kier alpha value is -3.08. The molecule has 0 saturated heterocycles. The zero-order valence-electron chi connectivity index (χ0n) is 13.6. The zero-order valence-corrected chi connectivity index (χ0v) is 13.6. The topological polar surface area (TPSA) is 77.2 Å². The van der Waals surface area contributed by atoms with E-state index in [0.29, 0.717) is 11.4 Å². The standard InChI is InChI=1S/C19H19N3O2/c1-12(14-8-4-6-10-17(14)24-2)21-19-15(18(20)23)11-13-7-3-5-9-16(13)22-19/h3-12H,1-2H3,(H2,20,23)(H,21,22). The maximum Gasteiger partial charge on any atom is 0.252 e. The van der Waals surface area contributed by atoms with Crippen LogP contribution in [-0.4, -0.2) is 18.0 Å². The smallest absolute Gasteiger partial charge is 0.252 e. The Labute approximate surface area is 140 Å². The maximum absolute atomic E-state index is 11.8. The molecule has 0 fully saturated rings. The number of pyridine rings is 1. The van der Waals surface area contributed by atoms with Crippen LogP contribution in [0.25, 0.3) is 10.9 Å². The SMILES string of the molecule is COc1ccccc1C(C)Nc1nc2ccccc2cc1C(N)=O. The van der Waals surface area contributed by atoms with Gasteiger partial charge in [-0.05, 0) is 25.1 Å². The van der Waals surface area contributed by atoms with E-state index in [1.807, 2.05) is 55.5 Å². The van der Waals surface area contributed by atoms with E-state index in [9.17, 15) is 4.79 Å². The summed E-state index contributed by atoms with van der Waals surface area (Å²) in [7, 11) is 1.63. The van der Waals surface area contributed by atoms with Gasteiger partial charge >= 0.3 is 0 Å². The molecule has 1 unspecified atom stereocenters. The third kappa shape index (κ3) is 3.01. The van der Waals surface area contributed by atoms with Crippen molar-refractivity contribution < 1.29 is 9.53 Å². The molecule has 0 saturated carbocycles. The molecule has 3 rings (SSSR count). The minimum atomic E-state index is -0.511. The van der Waals surface area contributed by atoms with Crippen LogP contribution in [-0.2, 0) is 0 Å². The number of carbonyl (C=O) groups is 1. The molecule has 0 aliphatic heterocycles.